The lowest BCUT2D eigenvalue weighted by molar-refractivity contribution is 0.111. The highest BCUT2D eigenvalue weighted by Gasteiger charge is 2.18. The molecule has 1 aromatic carbocycles. The molecule has 0 aliphatic rings. The van der Waals surface area contributed by atoms with Crippen molar-refractivity contribution in [3.8, 4) is 11.3 Å². The van der Waals surface area contributed by atoms with Crippen LogP contribution in [0.25, 0.3) is 16.2 Å². The van der Waals surface area contributed by atoms with Gasteiger partial charge in [0.25, 0.3) is 0 Å². The van der Waals surface area contributed by atoms with Gasteiger partial charge in [0.15, 0.2) is 6.29 Å². The van der Waals surface area contributed by atoms with Gasteiger partial charge in [-0.2, -0.15) is 9.61 Å². The van der Waals surface area contributed by atoms with E-state index in [2.05, 4.69) is 49.9 Å². The van der Waals surface area contributed by atoms with Crippen molar-refractivity contribution >= 4 is 22.6 Å². The van der Waals surface area contributed by atoms with E-state index in [0.717, 1.165) is 21.8 Å². The van der Waals surface area contributed by atoms with Crippen LogP contribution in [0.2, 0.25) is 0 Å². The molecule has 4 nitrogen and oxygen atoms in total. The van der Waals surface area contributed by atoms with Crippen molar-refractivity contribution in [2.24, 2.45) is 0 Å². The number of rotatable bonds is 3. The quantitative estimate of drug-likeness (QED) is 0.686. The summed E-state index contributed by atoms with van der Waals surface area (Å²) >= 11 is 1.54. The zero-order chi connectivity index (χ0) is 15.1. The number of carbonyl (C=O) groups is 1. The predicted octanol–water partition coefficient (Wildman–Crippen LogP) is 4.01. The third kappa shape index (κ3) is 2.27. The summed E-state index contributed by atoms with van der Waals surface area (Å²) < 4.78 is 1.66. The molecule has 108 valence electrons. The summed E-state index contributed by atoms with van der Waals surface area (Å²) in [5.41, 5.74) is 4.62. The minimum atomic E-state index is 0.335. The molecule has 2 heterocycles. The van der Waals surface area contributed by atoms with Crippen LogP contribution in [0, 0.1) is 13.8 Å². The molecular formula is C16H17N3OS. The van der Waals surface area contributed by atoms with Gasteiger partial charge < -0.3 is 0 Å². The third-order valence-corrected chi connectivity index (χ3v) is 4.85. The lowest BCUT2D eigenvalue weighted by atomic mass is 10.0. The standard InChI is InChI=1S/C16H17N3OS/c1-9(2)15-18-19-13(8-20)14(17-16(19)21-15)12-6-5-10(3)11(4)7-12/h5-9H,1-4H3. The number of imidazole rings is 1. The molecule has 21 heavy (non-hydrogen) atoms. The van der Waals surface area contributed by atoms with Gasteiger partial charge in [-0.1, -0.05) is 37.3 Å². The van der Waals surface area contributed by atoms with Crippen LogP contribution in [-0.4, -0.2) is 20.9 Å². The van der Waals surface area contributed by atoms with Crippen LogP contribution >= 0.6 is 11.3 Å². The number of benzene rings is 1. The predicted molar refractivity (Wildman–Crippen MR) is 85.3 cm³/mol. The van der Waals surface area contributed by atoms with Crippen LogP contribution < -0.4 is 0 Å². The fraction of sp³-hybridized carbons (Fsp3) is 0.312. The Balaban J connectivity index is 2.20. The van der Waals surface area contributed by atoms with Gasteiger partial charge in [-0.05, 0) is 31.0 Å². The van der Waals surface area contributed by atoms with Crippen molar-refractivity contribution in [2.45, 2.75) is 33.6 Å². The van der Waals surface area contributed by atoms with Gasteiger partial charge >= 0.3 is 0 Å². The summed E-state index contributed by atoms with van der Waals surface area (Å²) in [5, 5.41) is 5.50. The number of fused-ring (bicyclic) bond motifs is 1. The average Bonchev–Trinajstić information content (AvgIpc) is 2.98. The first kappa shape index (κ1) is 13.9. The van der Waals surface area contributed by atoms with Crippen molar-refractivity contribution in [2.75, 3.05) is 0 Å². The topological polar surface area (TPSA) is 47.3 Å². The van der Waals surface area contributed by atoms with Gasteiger partial charge in [-0.15, -0.1) is 0 Å². The Kier molecular flexibility index (Phi) is 3.37. The van der Waals surface area contributed by atoms with Gasteiger partial charge in [0.2, 0.25) is 4.96 Å². The normalized spacial score (nSPS) is 11.5. The Morgan fingerprint density at radius 3 is 2.62 bits per heavy atom. The Bertz CT molecular complexity index is 830. The van der Waals surface area contributed by atoms with Crippen molar-refractivity contribution in [1.29, 1.82) is 0 Å². The lowest BCUT2D eigenvalue weighted by Crippen LogP contribution is -1.96. The molecule has 0 N–H and O–H groups in total. The van der Waals surface area contributed by atoms with Crippen LogP contribution in [0.3, 0.4) is 0 Å². The maximum Gasteiger partial charge on any atom is 0.213 e. The highest BCUT2D eigenvalue weighted by Crippen LogP contribution is 2.29. The largest absolute Gasteiger partial charge is 0.296 e. The Morgan fingerprint density at radius 2 is 2.00 bits per heavy atom. The molecule has 0 atom stereocenters. The summed E-state index contributed by atoms with van der Waals surface area (Å²) in [5.74, 6) is 0.335. The smallest absolute Gasteiger partial charge is 0.213 e. The van der Waals surface area contributed by atoms with E-state index in [0.29, 0.717) is 17.3 Å². The molecular weight excluding hydrogens is 282 g/mol. The van der Waals surface area contributed by atoms with Gasteiger partial charge in [0.1, 0.15) is 16.4 Å². The summed E-state index contributed by atoms with van der Waals surface area (Å²) in [4.78, 5) is 16.9. The van der Waals surface area contributed by atoms with E-state index >= 15 is 0 Å². The molecule has 3 rings (SSSR count). The molecule has 2 aromatic heterocycles. The first-order valence-corrected chi connectivity index (χ1v) is 7.75. The summed E-state index contributed by atoms with van der Waals surface area (Å²) in [7, 11) is 0. The molecule has 3 aromatic rings. The van der Waals surface area contributed by atoms with Crippen molar-refractivity contribution in [1.82, 2.24) is 14.6 Å². The summed E-state index contributed by atoms with van der Waals surface area (Å²) in [6.45, 7) is 8.31. The molecule has 0 aliphatic heterocycles. The molecule has 0 radical (unpaired) electrons. The second-order valence-corrected chi connectivity index (χ2v) is 6.54. The van der Waals surface area contributed by atoms with E-state index in [1.807, 2.05) is 6.07 Å². The van der Waals surface area contributed by atoms with E-state index in [-0.39, 0.29) is 0 Å². The van der Waals surface area contributed by atoms with Gasteiger partial charge in [0, 0.05) is 11.5 Å². The molecule has 0 unspecified atom stereocenters. The molecule has 0 spiro atoms. The number of aryl methyl sites for hydroxylation is 2. The zero-order valence-corrected chi connectivity index (χ0v) is 13.4. The maximum absolute atomic E-state index is 11.5. The molecule has 0 amide bonds. The molecule has 0 aliphatic carbocycles. The number of nitrogens with zero attached hydrogens (tertiary/aromatic N) is 3. The molecule has 0 saturated heterocycles. The van der Waals surface area contributed by atoms with E-state index in [1.165, 1.54) is 22.5 Å². The SMILES string of the molecule is Cc1ccc(-c2nc3sc(C(C)C)nn3c2C=O)cc1C. The first-order valence-electron chi connectivity index (χ1n) is 6.93. The number of aromatic nitrogens is 3. The van der Waals surface area contributed by atoms with Gasteiger partial charge in [-0.25, -0.2) is 4.98 Å². The third-order valence-electron chi connectivity index (χ3n) is 3.64. The Morgan fingerprint density at radius 1 is 1.24 bits per heavy atom. The Hall–Kier alpha value is -2.01. The highest BCUT2D eigenvalue weighted by atomic mass is 32.1. The monoisotopic (exact) mass is 299 g/mol. The second-order valence-electron chi connectivity index (χ2n) is 5.55. The highest BCUT2D eigenvalue weighted by molar-refractivity contribution is 7.16. The Labute approximate surface area is 127 Å². The summed E-state index contributed by atoms with van der Waals surface area (Å²) in [6, 6.07) is 6.13. The fourth-order valence-electron chi connectivity index (χ4n) is 2.22. The number of carbonyl (C=O) groups excluding carboxylic acids is 1. The fourth-order valence-corrected chi connectivity index (χ4v) is 3.13. The van der Waals surface area contributed by atoms with Crippen molar-refractivity contribution in [3.05, 3.63) is 40.0 Å². The van der Waals surface area contributed by atoms with E-state index in [4.69, 9.17) is 0 Å². The van der Waals surface area contributed by atoms with Gasteiger partial charge in [0.05, 0.1) is 0 Å². The second kappa shape index (κ2) is 5.07. The van der Waals surface area contributed by atoms with Crippen LogP contribution in [0.1, 0.15) is 46.4 Å². The molecule has 0 fully saturated rings. The van der Waals surface area contributed by atoms with Crippen LogP contribution in [0.4, 0.5) is 0 Å². The lowest BCUT2D eigenvalue weighted by Gasteiger charge is -2.03. The number of hydrogen-bond donors (Lipinski definition) is 0. The minimum Gasteiger partial charge on any atom is -0.296 e. The summed E-state index contributed by atoms with van der Waals surface area (Å²) in [6.07, 6.45) is 0.842. The van der Waals surface area contributed by atoms with Crippen LogP contribution in [0.5, 0.6) is 0 Å². The molecule has 5 heteroatoms. The molecule has 0 bridgehead atoms. The average molecular weight is 299 g/mol. The number of hydrogen-bond acceptors (Lipinski definition) is 4. The van der Waals surface area contributed by atoms with Gasteiger partial charge in [-0.3, -0.25) is 4.79 Å². The minimum absolute atomic E-state index is 0.335. The van der Waals surface area contributed by atoms with E-state index in [9.17, 15) is 4.79 Å². The molecule has 0 saturated carbocycles. The van der Waals surface area contributed by atoms with Crippen LogP contribution in [0.15, 0.2) is 18.2 Å². The zero-order valence-electron chi connectivity index (χ0n) is 12.5. The van der Waals surface area contributed by atoms with Crippen molar-refractivity contribution in [3.63, 3.8) is 0 Å². The van der Waals surface area contributed by atoms with E-state index < -0.39 is 0 Å². The van der Waals surface area contributed by atoms with Crippen molar-refractivity contribution < 1.29 is 4.79 Å². The number of aldehydes is 1. The van der Waals surface area contributed by atoms with Crippen LogP contribution in [-0.2, 0) is 0 Å². The van der Waals surface area contributed by atoms with E-state index in [1.54, 1.807) is 4.52 Å². The first-order chi connectivity index (χ1) is 10.0. The maximum atomic E-state index is 11.5.